The summed E-state index contributed by atoms with van der Waals surface area (Å²) in [5.74, 6) is 1.62. The number of ether oxygens (including phenoxy) is 2. The summed E-state index contributed by atoms with van der Waals surface area (Å²) in [5, 5.41) is 15.6. The smallest absolute Gasteiger partial charge is 0.212 e. The first kappa shape index (κ1) is 19.9. The Morgan fingerprint density at radius 1 is 1.06 bits per heavy atom. The predicted octanol–water partition coefficient (Wildman–Crippen LogP) is 5.33. The third-order valence-corrected chi connectivity index (χ3v) is 6.01. The minimum atomic E-state index is -0.317. The number of fused-ring (bicyclic) bond motifs is 3. The molecule has 1 heterocycles. The van der Waals surface area contributed by atoms with Crippen LogP contribution in [0.4, 0.5) is 0 Å². The molecule has 0 spiro atoms. The number of rotatable bonds is 4. The molecule has 2 aliphatic rings. The highest BCUT2D eigenvalue weighted by Gasteiger charge is 2.33. The minimum Gasteiger partial charge on any atom is -0.497 e. The summed E-state index contributed by atoms with van der Waals surface area (Å²) >= 11 is 0. The lowest BCUT2D eigenvalue weighted by Crippen LogP contribution is -2.27. The molecule has 1 aliphatic carbocycles. The zero-order chi connectivity index (χ0) is 22.1. The lowest BCUT2D eigenvalue weighted by molar-refractivity contribution is -0.115. The Morgan fingerprint density at radius 3 is 2.62 bits per heavy atom. The molecule has 1 N–H and O–H groups in total. The molecule has 0 fully saturated rings. The summed E-state index contributed by atoms with van der Waals surface area (Å²) in [5.41, 5.74) is 3.19. The molecule has 158 valence electrons. The van der Waals surface area contributed by atoms with E-state index in [0.29, 0.717) is 23.6 Å². The van der Waals surface area contributed by atoms with Crippen LogP contribution in [0.2, 0.25) is 0 Å². The minimum absolute atomic E-state index is 0.0896. The Balaban J connectivity index is 1.70. The average molecular weight is 422 g/mol. The van der Waals surface area contributed by atoms with Crippen LogP contribution in [0.1, 0.15) is 36.3 Å². The van der Waals surface area contributed by atoms with Gasteiger partial charge in [-0.2, -0.15) is 5.26 Å². The number of nitrogens with zero attached hydrogens (tertiary/aromatic N) is 1. The van der Waals surface area contributed by atoms with E-state index >= 15 is 0 Å². The maximum atomic E-state index is 11.9. The van der Waals surface area contributed by atoms with E-state index < -0.39 is 0 Å². The largest absolute Gasteiger partial charge is 0.497 e. The molecule has 0 radical (unpaired) electrons. The lowest BCUT2D eigenvalue weighted by atomic mass is 9.81. The lowest BCUT2D eigenvalue weighted by Gasteiger charge is -2.30. The molecule has 0 bridgehead atoms. The monoisotopic (exact) mass is 422 g/mol. The molecular formula is C27H22N2O3. The van der Waals surface area contributed by atoms with E-state index in [9.17, 15) is 10.1 Å². The summed E-state index contributed by atoms with van der Waals surface area (Å²) in [4.78, 5) is 11.9. The molecule has 32 heavy (non-hydrogen) atoms. The van der Waals surface area contributed by atoms with Crippen LogP contribution < -0.4 is 14.8 Å². The second-order valence-corrected chi connectivity index (χ2v) is 7.98. The van der Waals surface area contributed by atoms with Gasteiger partial charge in [0.05, 0.1) is 13.0 Å². The van der Waals surface area contributed by atoms with Gasteiger partial charge in [0.15, 0.2) is 5.78 Å². The summed E-state index contributed by atoms with van der Waals surface area (Å²) in [6.07, 6.45) is 3.71. The van der Waals surface area contributed by atoms with Crippen LogP contribution in [0.3, 0.4) is 0 Å². The Kier molecular flexibility index (Phi) is 5.12. The van der Waals surface area contributed by atoms with Gasteiger partial charge >= 0.3 is 0 Å². The third kappa shape index (κ3) is 3.50. The van der Waals surface area contributed by atoms with Gasteiger partial charge in [-0.1, -0.05) is 42.5 Å². The molecule has 1 atom stereocenters. The standard InChI is InChI=1S/C27H22N2O3/c1-31-21-12-9-18(10-13-21)25-23(16-28)27(29-19-6-4-7-20(30)15-19)32-24-14-11-17-5-2-3-8-22(17)26(24)25/h2-3,5,8-15,25,29H,4,6-7H2,1H3. The van der Waals surface area contributed by atoms with Crippen molar-refractivity contribution in [2.24, 2.45) is 0 Å². The first-order valence-electron chi connectivity index (χ1n) is 10.7. The molecular weight excluding hydrogens is 400 g/mol. The normalized spacial score (nSPS) is 17.8. The fourth-order valence-corrected chi connectivity index (χ4v) is 4.48. The van der Waals surface area contributed by atoms with Crippen molar-refractivity contribution in [2.45, 2.75) is 25.2 Å². The highest BCUT2D eigenvalue weighted by Crippen LogP contribution is 2.46. The maximum absolute atomic E-state index is 11.9. The maximum Gasteiger partial charge on any atom is 0.212 e. The average Bonchev–Trinajstić information content (AvgIpc) is 2.83. The van der Waals surface area contributed by atoms with Crippen LogP contribution in [0.15, 0.2) is 83.9 Å². The Bertz CT molecular complexity index is 1310. The number of methoxy groups -OCH3 is 1. The van der Waals surface area contributed by atoms with Gasteiger partial charge < -0.3 is 14.8 Å². The van der Waals surface area contributed by atoms with E-state index in [1.54, 1.807) is 13.2 Å². The fraction of sp³-hybridized carbons (Fsp3) is 0.185. The second kappa shape index (κ2) is 8.24. The molecule has 0 saturated carbocycles. The van der Waals surface area contributed by atoms with E-state index in [4.69, 9.17) is 9.47 Å². The number of benzene rings is 3. The summed E-state index contributed by atoms with van der Waals surface area (Å²) in [7, 11) is 1.63. The molecule has 3 aromatic rings. The first-order valence-corrected chi connectivity index (χ1v) is 10.7. The fourth-order valence-electron chi connectivity index (χ4n) is 4.48. The van der Waals surface area contributed by atoms with Crippen molar-refractivity contribution in [1.29, 1.82) is 5.26 Å². The summed E-state index contributed by atoms with van der Waals surface area (Å²) < 4.78 is 11.6. The topological polar surface area (TPSA) is 71.3 Å². The molecule has 3 aromatic carbocycles. The zero-order valence-corrected chi connectivity index (χ0v) is 17.7. The molecule has 5 rings (SSSR count). The van der Waals surface area contributed by atoms with Crippen LogP contribution in [0.5, 0.6) is 11.5 Å². The van der Waals surface area contributed by atoms with Gasteiger partial charge in [0.2, 0.25) is 5.88 Å². The zero-order valence-electron chi connectivity index (χ0n) is 17.7. The van der Waals surface area contributed by atoms with Gasteiger partial charge in [-0.05, 0) is 47.4 Å². The number of carbonyl (C=O) groups excluding carboxylic acids is 1. The van der Waals surface area contributed by atoms with Crippen LogP contribution in [0.25, 0.3) is 10.8 Å². The quantitative estimate of drug-likeness (QED) is 0.615. The van der Waals surface area contributed by atoms with Gasteiger partial charge in [-0.15, -0.1) is 0 Å². The van der Waals surface area contributed by atoms with Crippen molar-refractivity contribution in [3.05, 3.63) is 95.0 Å². The molecule has 1 aliphatic heterocycles. The molecule has 0 saturated heterocycles. The third-order valence-electron chi connectivity index (χ3n) is 6.01. The van der Waals surface area contributed by atoms with Crippen molar-refractivity contribution < 1.29 is 14.3 Å². The number of carbonyl (C=O) groups is 1. The van der Waals surface area contributed by atoms with Crippen LogP contribution in [0, 0.1) is 11.3 Å². The van der Waals surface area contributed by atoms with E-state index in [1.165, 1.54) is 0 Å². The van der Waals surface area contributed by atoms with Crippen LogP contribution >= 0.6 is 0 Å². The van der Waals surface area contributed by atoms with E-state index in [-0.39, 0.29) is 11.7 Å². The number of hydrogen-bond donors (Lipinski definition) is 1. The van der Waals surface area contributed by atoms with Gasteiger partial charge in [0.1, 0.15) is 23.1 Å². The number of allylic oxidation sites excluding steroid dienone is 3. The van der Waals surface area contributed by atoms with Gasteiger partial charge in [0.25, 0.3) is 0 Å². The van der Waals surface area contributed by atoms with Crippen molar-refractivity contribution in [2.75, 3.05) is 7.11 Å². The second-order valence-electron chi connectivity index (χ2n) is 7.98. The summed E-state index contributed by atoms with van der Waals surface area (Å²) in [6, 6.07) is 22.3. The molecule has 1 unspecified atom stereocenters. The van der Waals surface area contributed by atoms with Crippen LogP contribution in [-0.2, 0) is 4.79 Å². The molecule has 0 aromatic heterocycles. The number of nitrogens with one attached hydrogen (secondary N) is 1. The van der Waals surface area contributed by atoms with Crippen molar-refractivity contribution in [1.82, 2.24) is 5.32 Å². The summed E-state index contributed by atoms with van der Waals surface area (Å²) in [6.45, 7) is 0. The Morgan fingerprint density at radius 2 is 1.88 bits per heavy atom. The van der Waals surface area contributed by atoms with E-state index in [1.807, 2.05) is 48.5 Å². The van der Waals surface area contributed by atoms with E-state index in [2.05, 4.69) is 23.5 Å². The van der Waals surface area contributed by atoms with Gasteiger partial charge in [-0.25, -0.2) is 0 Å². The predicted molar refractivity (Wildman–Crippen MR) is 122 cm³/mol. The van der Waals surface area contributed by atoms with Crippen LogP contribution in [-0.4, -0.2) is 12.9 Å². The molecule has 5 nitrogen and oxygen atoms in total. The van der Waals surface area contributed by atoms with Crippen molar-refractivity contribution >= 4 is 16.6 Å². The highest BCUT2D eigenvalue weighted by molar-refractivity contribution is 5.91. The first-order chi connectivity index (χ1) is 15.7. The number of hydrogen-bond acceptors (Lipinski definition) is 5. The number of ketones is 1. The van der Waals surface area contributed by atoms with Crippen molar-refractivity contribution in [3.63, 3.8) is 0 Å². The molecule has 5 heteroatoms. The Labute approximate surface area is 186 Å². The van der Waals surface area contributed by atoms with E-state index in [0.717, 1.165) is 46.2 Å². The molecule has 0 amide bonds. The van der Waals surface area contributed by atoms with Gasteiger partial charge in [-0.3, -0.25) is 4.79 Å². The number of nitriles is 1. The Hall–Kier alpha value is -4.04. The SMILES string of the molecule is COc1ccc(C2C(C#N)=C(NC3=CC(=O)CCC3)Oc3ccc4ccccc4c32)cc1. The highest BCUT2D eigenvalue weighted by atomic mass is 16.5. The van der Waals surface area contributed by atoms with Crippen molar-refractivity contribution in [3.8, 4) is 17.6 Å². The van der Waals surface area contributed by atoms with Gasteiger partial charge in [0, 0.05) is 23.8 Å².